The average Bonchev–Trinajstić information content (AvgIpc) is 3.24. The van der Waals surface area contributed by atoms with Gasteiger partial charge < -0.3 is 14.6 Å². The van der Waals surface area contributed by atoms with Gasteiger partial charge in [0.25, 0.3) is 5.91 Å². The average molecular weight is 409 g/mol. The first kappa shape index (κ1) is 20.0. The van der Waals surface area contributed by atoms with E-state index in [1.54, 1.807) is 24.5 Å². The number of hydrogen-bond acceptors (Lipinski definition) is 6. The molecule has 0 atom stereocenters. The minimum absolute atomic E-state index is 0.196. The van der Waals surface area contributed by atoms with Crippen molar-refractivity contribution < 1.29 is 13.6 Å². The summed E-state index contributed by atoms with van der Waals surface area (Å²) in [5.74, 6) is 0.0582. The Hall–Kier alpha value is -3.26. The van der Waals surface area contributed by atoms with Gasteiger partial charge in [0.1, 0.15) is 12.1 Å². The van der Waals surface area contributed by atoms with Crippen LogP contribution in [0.25, 0.3) is 0 Å². The fraction of sp³-hybridized carbons (Fsp3) is 0.318. The van der Waals surface area contributed by atoms with E-state index >= 15 is 0 Å². The van der Waals surface area contributed by atoms with Crippen molar-refractivity contribution in [3.8, 4) is 0 Å². The zero-order valence-corrected chi connectivity index (χ0v) is 16.6. The molecule has 0 unspecified atom stereocenters. The fourth-order valence-corrected chi connectivity index (χ4v) is 3.49. The normalized spacial score (nSPS) is 14.6. The van der Waals surface area contributed by atoms with Gasteiger partial charge in [0, 0.05) is 45.1 Å². The van der Waals surface area contributed by atoms with Crippen LogP contribution in [0, 0.1) is 5.82 Å². The van der Waals surface area contributed by atoms with Crippen molar-refractivity contribution >= 4 is 11.6 Å². The van der Waals surface area contributed by atoms with Crippen molar-refractivity contribution in [3.05, 3.63) is 78.0 Å². The molecule has 0 saturated carbocycles. The lowest BCUT2D eigenvalue weighted by Gasteiger charge is -2.35. The van der Waals surface area contributed by atoms with E-state index in [4.69, 9.17) is 4.42 Å². The van der Waals surface area contributed by atoms with Crippen LogP contribution in [0.4, 0.5) is 10.1 Å². The highest BCUT2D eigenvalue weighted by molar-refractivity contribution is 5.91. The van der Waals surface area contributed by atoms with Gasteiger partial charge >= 0.3 is 0 Å². The van der Waals surface area contributed by atoms with E-state index in [0.717, 1.165) is 31.7 Å². The van der Waals surface area contributed by atoms with Crippen molar-refractivity contribution in [3.63, 3.8) is 0 Å². The van der Waals surface area contributed by atoms with Crippen LogP contribution in [0.3, 0.4) is 0 Å². The molecule has 8 heteroatoms. The first-order valence-corrected chi connectivity index (χ1v) is 10.0. The van der Waals surface area contributed by atoms with Crippen LogP contribution in [-0.2, 0) is 13.0 Å². The number of carbonyl (C=O) groups excluding carboxylic acids is 1. The van der Waals surface area contributed by atoms with E-state index in [2.05, 4.69) is 20.2 Å². The number of carbonyl (C=O) groups is 1. The van der Waals surface area contributed by atoms with Crippen LogP contribution in [-0.4, -0.2) is 53.5 Å². The Bertz CT molecular complexity index is 970. The van der Waals surface area contributed by atoms with Crippen molar-refractivity contribution in [2.24, 2.45) is 0 Å². The monoisotopic (exact) mass is 409 g/mol. The zero-order chi connectivity index (χ0) is 20.8. The summed E-state index contributed by atoms with van der Waals surface area (Å²) in [7, 11) is 0. The van der Waals surface area contributed by atoms with Gasteiger partial charge in [-0.2, -0.15) is 0 Å². The number of benzene rings is 1. The zero-order valence-electron chi connectivity index (χ0n) is 16.6. The molecule has 1 fully saturated rings. The number of anilines is 1. The Morgan fingerprint density at radius 1 is 1.13 bits per heavy atom. The SMILES string of the molecule is O=C(NCCc1cccnc1)c1coc(CN2CCN(c3ccccc3F)CC2)n1. The molecule has 30 heavy (non-hydrogen) atoms. The van der Waals surface area contributed by atoms with Gasteiger partial charge in [-0.3, -0.25) is 14.7 Å². The maximum Gasteiger partial charge on any atom is 0.273 e. The predicted octanol–water partition coefficient (Wildman–Crippen LogP) is 2.50. The standard InChI is InChI=1S/C22H24FN5O2/c23-18-5-1-2-6-20(18)28-12-10-27(11-13-28)15-21-26-19(16-30-21)22(29)25-9-7-17-4-3-8-24-14-17/h1-6,8,14,16H,7,9-13,15H2,(H,25,29). The number of halogens is 1. The molecule has 1 aromatic carbocycles. The molecule has 1 N–H and O–H groups in total. The molecule has 0 bridgehead atoms. The number of oxazole rings is 1. The molecule has 4 rings (SSSR count). The van der Waals surface area contributed by atoms with E-state index < -0.39 is 0 Å². The summed E-state index contributed by atoms with van der Waals surface area (Å²) in [6.07, 6.45) is 5.60. The molecule has 0 aliphatic carbocycles. The number of piperazine rings is 1. The van der Waals surface area contributed by atoms with E-state index in [1.807, 2.05) is 23.1 Å². The lowest BCUT2D eigenvalue weighted by Crippen LogP contribution is -2.46. The molecular formula is C22H24FN5O2. The summed E-state index contributed by atoms with van der Waals surface area (Å²) >= 11 is 0. The van der Waals surface area contributed by atoms with E-state index in [1.165, 1.54) is 12.3 Å². The maximum absolute atomic E-state index is 14.0. The summed E-state index contributed by atoms with van der Waals surface area (Å²) in [5.41, 5.74) is 1.98. The number of pyridine rings is 1. The van der Waals surface area contributed by atoms with E-state index in [-0.39, 0.29) is 17.4 Å². The molecule has 2 aromatic heterocycles. The Morgan fingerprint density at radius 3 is 2.73 bits per heavy atom. The van der Waals surface area contributed by atoms with Gasteiger partial charge in [-0.05, 0) is 30.2 Å². The second-order valence-electron chi connectivity index (χ2n) is 7.21. The summed E-state index contributed by atoms with van der Waals surface area (Å²) in [6, 6.07) is 10.7. The highest BCUT2D eigenvalue weighted by atomic mass is 19.1. The molecule has 1 aliphatic heterocycles. The minimum Gasteiger partial charge on any atom is -0.447 e. The number of rotatable bonds is 7. The molecule has 7 nitrogen and oxygen atoms in total. The van der Waals surface area contributed by atoms with Crippen molar-refractivity contribution in [1.29, 1.82) is 0 Å². The summed E-state index contributed by atoms with van der Waals surface area (Å²) < 4.78 is 19.4. The Labute approximate surface area is 174 Å². The number of aromatic nitrogens is 2. The molecule has 0 spiro atoms. The quantitative estimate of drug-likeness (QED) is 0.646. The van der Waals surface area contributed by atoms with Crippen molar-refractivity contribution in [2.45, 2.75) is 13.0 Å². The van der Waals surface area contributed by atoms with Crippen LogP contribution in [0.5, 0.6) is 0 Å². The molecule has 3 heterocycles. The van der Waals surface area contributed by atoms with Gasteiger partial charge in [0.15, 0.2) is 5.69 Å². The second-order valence-corrected chi connectivity index (χ2v) is 7.21. The lowest BCUT2D eigenvalue weighted by molar-refractivity contribution is 0.0949. The number of para-hydroxylation sites is 1. The fourth-order valence-electron chi connectivity index (χ4n) is 3.49. The third-order valence-corrected chi connectivity index (χ3v) is 5.13. The molecule has 3 aromatic rings. The summed E-state index contributed by atoms with van der Waals surface area (Å²) in [6.45, 7) is 4.01. The first-order chi connectivity index (χ1) is 14.7. The topological polar surface area (TPSA) is 74.5 Å². The van der Waals surface area contributed by atoms with Gasteiger partial charge in [0.05, 0.1) is 12.2 Å². The highest BCUT2D eigenvalue weighted by Gasteiger charge is 2.21. The Morgan fingerprint density at radius 2 is 1.97 bits per heavy atom. The molecule has 1 saturated heterocycles. The van der Waals surface area contributed by atoms with E-state index in [0.29, 0.717) is 31.1 Å². The third-order valence-electron chi connectivity index (χ3n) is 5.13. The minimum atomic E-state index is -0.252. The maximum atomic E-state index is 14.0. The predicted molar refractivity (Wildman–Crippen MR) is 111 cm³/mol. The van der Waals surface area contributed by atoms with Gasteiger partial charge in [0.2, 0.25) is 5.89 Å². The van der Waals surface area contributed by atoms with Crippen LogP contribution < -0.4 is 10.2 Å². The first-order valence-electron chi connectivity index (χ1n) is 10.0. The largest absolute Gasteiger partial charge is 0.447 e. The van der Waals surface area contributed by atoms with Crippen LogP contribution in [0.1, 0.15) is 21.9 Å². The molecule has 156 valence electrons. The molecule has 1 amide bonds. The van der Waals surface area contributed by atoms with Crippen molar-refractivity contribution in [2.75, 3.05) is 37.6 Å². The van der Waals surface area contributed by atoms with Gasteiger partial charge in [-0.15, -0.1) is 0 Å². The van der Waals surface area contributed by atoms with Gasteiger partial charge in [-0.1, -0.05) is 18.2 Å². The third kappa shape index (κ3) is 5.01. The van der Waals surface area contributed by atoms with E-state index in [9.17, 15) is 9.18 Å². The molecule has 0 radical (unpaired) electrons. The highest BCUT2D eigenvalue weighted by Crippen LogP contribution is 2.20. The summed E-state index contributed by atoms with van der Waals surface area (Å²) in [5, 5.41) is 2.85. The van der Waals surface area contributed by atoms with Crippen LogP contribution >= 0.6 is 0 Å². The number of nitrogens with one attached hydrogen (secondary N) is 1. The van der Waals surface area contributed by atoms with Crippen LogP contribution in [0.2, 0.25) is 0 Å². The molecular weight excluding hydrogens is 385 g/mol. The van der Waals surface area contributed by atoms with Crippen molar-refractivity contribution in [1.82, 2.24) is 20.2 Å². The lowest BCUT2D eigenvalue weighted by atomic mass is 10.2. The Kier molecular flexibility index (Phi) is 6.34. The number of hydrogen-bond donors (Lipinski definition) is 1. The number of amides is 1. The summed E-state index contributed by atoms with van der Waals surface area (Å²) in [4.78, 5) is 24.9. The molecule has 1 aliphatic rings. The smallest absolute Gasteiger partial charge is 0.273 e. The second kappa shape index (κ2) is 9.49. The van der Waals surface area contributed by atoms with Gasteiger partial charge in [-0.25, -0.2) is 9.37 Å². The number of nitrogens with zero attached hydrogens (tertiary/aromatic N) is 4. The Balaban J connectivity index is 1.24. The van der Waals surface area contributed by atoms with Crippen LogP contribution in [0.15, 0.2) is 59.5 Å².